The van der Waals surface area contributed by atoms with Gasteiger partial charge < -0.3 is 9.32 Å². The highest BCUT2D eigenvalue weighted by Crippen LogP contribution is 2.56. The van der Waals surface area contributed by atoms with Gasteiger partial charge in [-0.2, -0.15) is 0 Å². The number of rotatable bonds is 8. The Morgan fingerprint density at radius 1 is 0.438 bits per heavy atom. The molecule has 10 aromatic rings. The molecule has 1 heterocycles. The van der Waals surface area contributed by atoms with Gasteiger partial charge in [-0.25, -0.2) is 0 Å². The van der Waals surface area contributed by atoms with Gasteiger partial charge in [-0.05, 0) is 86.8 Å². The summed E-state index contributed by atoms with van der Waals surface area (Å²) in [4.78, 5) is 2.45. The first kappa shape index (κ1) is 37.8. The number of fused-ring (bicyclic) bond motifs is 6. The van der Waals surface area contributed by atoms with Gasteiger partial charge in [0, 0.05) is 38.7 Å². The number of hydrogen-bond donors (Lipinski definition) is 0. The summed E-state index contributed by atoms with van der Waals surface area (Å²) in [5.74, 6) is 0. The van der Waals surface area contributed by atoms with Crippen LogP contribution in [-0.2, 0) is 10.8 Å². The minimum Gasteiger partial charge on any atom is -0.456 e. The Hall–Kier alpha value is -7.94. The van der Waals surface area contributed by atoms with E-state index in [0.29, 0.717) is 0 Å². The predicted molar refractivity (Wildman–Crippen MR) is 266 cm³/mol. The molecule has 12 rings (SSSR count). The molecule has 0 radical (unpaired) electrons. The smallest absolute Gasteiger partial charge is 0.139 e. The molecule has 0 saturated heterocycles. The normalized spacial score (nSPS) is 16.0. The van der Waals surface area contributed by atoms with Crippen molar-refractivity contribution >= 4 is 33.3 Å². The van der Waals surface area contributed by atoms with Crippen LogP contribution in [0.1, 0.15) is 41.2 Å². The van der Waals surface area contributed by atoms with Crippen molar-refractivity contribution in [2.45, 2.75) is 24.2 Å². The number of allylic oxidation sites excluding steroid dienone is 3. The number of para-hydroxylation sites is 3. The Labute approximate surface area is 374 Å². The summed E-state index contributed by atoms with van der Waals surface area (Å²) >= 11 is 0. The van der Waals surface area contributed by atoms with Crippen LogP contribution in [0, 0.1) is 0 Å². The maximum Gasteiger partial charge on any atom is 0.139 e. The summed E-state index contributed by atoms with van der Waals surface area (Å²) < 4.78 is 6.59. The van der Waals surface area contributed by atoms with E-state index >= 15 is 0 Å². The first-order valence-corrected chi connectivity index (χ1v) is 22.3. The van der Waals surface area contributed by atoms with E-state index in [2.05, 4.69) is 248 Å². The molecule has 304 valence electrons. The minimum atomic E-state index is -0.473. The van der Waals surface area contributed by atoms with Crippen molar-refractivity contribution < 1.29 is 4.42 Å². The standard InChI is InChI=1S/C62H45NO/c1-61(57-28-16-25-54-53-24-11-15-30-59(53)64-60(54)57)41-39-49(40-42-61)63(58-29-14-10-21-50(58)45-33-31-44(32-34-45)43-17-4-2-5-18-43)48-37-35-47(36-38-48)62(46-19-6-3-7-20-46)55-26-12-8-22-51(55)52-23-9-13-27-56(52)62/h2-41H,42H2,1H3. The molecule has 0 aliphatic heterocycles. The zero-order valence-corrected chi connectivity index (χ0v) is 35.7. The predicted octanol–water partition coefficient (Wildman–Crippen LogP) is 16.2. The van der Waals surface area contributed by atoms with Crippen LogP contribution in [0.2, 0.25) is 0 Å². The summed E-state index contributed by atoms with van der Waals surface area (Å²) in [5.41, 5.74) is 18.1. The molecule has 2 aliphatic carbocycles. The van der Waals surface area contributed by atoms with E-state index < -0.39 is 5.41 Å². The van der Waals surface area contributed by atoms with Crippen LogP contribution < -0.4 is 4.90 Å². The summed E-state index contributed by atoms with van der Waals surface area (Å²) in [6.45, 7) is 2.33. The van der Waals surface area contributed by atoms with E-state index in [4.69, 9.17) is 4.42 Å². The van der Waals surface area contributed by atoms with E-state index in [0.717, 1.165) is 45.4 Å². The van der Waals surface area contributed by atoms with Gasteiger partial charge in [0.25, 0.3) is 0 Å². The molecule has 0 saturated carbocycles. The molecule has 1 unspecified atom stereocenters. The molecule has 2 heteroatoms. The van der Waals surface area contributed by atoms with Crippen molar-refractivity contribution in [1.29, 1.82) is 0 Å². The van der Waals surface area contributed by atoms with Crippen molar-refractivity contribution in [2.75, 3.05) is 4.90 Å². The molecule has 0 spiro atoms. The topological polar surface area (TPSA) is 16.4 Å². The lowest BCUT2D eigenvalue weighted by atomic mass is 9.67. The summed E-state index contributed by atoms with van der Waals surface area (Å²) in [5, 5.41) is 2.31. The maximum atomic E-state index is 6.59. The summed E-state index contributed by atoms with van der Waals surface area (Å²) in [6, 6.07) is 81.7. The van der Waals surface area contributed by atoms with Crippen molar-refractivity contribution in [3.05, 3.63) is 276 Å². The highest BCUT2D eigenvalue weighted by Gasteiger charge is 2.46. The average molecular weight is 820 g/mol. The molecule has 0 N–H and O–H groups in total. The molecule has 1 atom stereocenters. The Morgan fingerprint density at radius 2 is 0.984 bits per heavy atom. The van der Waals surface area contributed by atoms with Gasteiger partial charge in [0.15, 0.2) is 0 Å². The molecule has 9 aromatic carbocycles. The van der Waals surface area contributed by atoms with Crippen molar-refractivity contribution in [3.8, 4) is 33.4 Å². The molecular formula is C62H45NO. The second-order valence-corrected chi connectivity index (χ2v) is 17.4. The van der Waals surface area contributed by atoms with Gasteiger partial charge in [-0.15, -0.1) is 0 Å². The molecule has 0 fully saturated rings. The van der Waals surface area contributed by atoms with Gasteiger partial charge in [-0.1, -0.05) is 219 Å². The maximum absolute atomic E-state index is 6.59. The summed E-state index contributed by atoms with van der Waals surface area (Å²) in [7, 11) is 0. The zero-order chi connectivity index (χ0) is 42.7. The first-order chi connectivity index (χ1) is 31.6. The molecule has 2 aliphatic rings. The lowest BCUT2D eigenvalue weighted by molar-refractivity contribution is 0.577. The fourth-order valence-electron chi connectivity index (χ4n) is 10.7. The number of furan rings is 1. The Balaban J connectivity index is 0.999. The van der Waals surface area contributed by atoms with E-state index in [9.17, 15) is 0 Å². The number of anilines is 2. The fourth-order valence-corrected chi connectivity index (χ4v) is 10.7. The largest absolute Gasteiger partial charge is 0.456 e. The van der Waals surface area contributed by atoms with Gasteiger partial charge >= 0.3 is 0 Å². The zero-order valence-electron chi connectivity index (χ0n) is 35.7. The molecule has 2 nitrogen and oxygen atoms in total. The number of benzene rings is 9. The third kappa shape index (κ3) is 5.94. The number of nitrogens with zero attached hydrogens (tertiary/aromatic N) is 1. The Kier molecular flexibility index (Phi) is 8.95. The van der Waals surface area contributed by atoms with Crippen molar-refractivity contribution in [1.82, 2.24) is 0 Å². The van der Waals surface area contributed by atoms with Gasteiger partial charge in [0.05, 0.1) is 11.1 Å². The first-order valence-electron chi connectivity index (χ1n) is 22.3. The second kappa shape index (κ2) is 15.1. The SMILES string of the molecule is CC1(c2cccc3c2oc2ccccc23)C=CC(N(c2ccc(C3(c4ccccc4)c4ccccc4-c4ccccc43)cc2)c2ccccc2-c2ccc(-c3ccccc3)cc2)=CC1. The lowest BCUT2D eigenvalue weighted by Crippen LogP contribution is -2.28. The molecule has 0 amide bonds. The molecular weight excluding hydrogens is 775 g/mol. The molecule has 1 aromatic heterocycles. The summed E-state index contributed by atoms with van der Waals surface area (Å²) in [6.07, 6.45) is 7.94. The van der Waals surface area contributed by atoms with Crippen LogP contribution in [-0.4, -0.2) is 0 Å². The van der Waals surface area contributed by atoms with Gasteiger partial charge in [-0.3, -0.25) is 0 Å². The van der Waals surface area contributed by atoms with E-state index in [1.807, 2.05) is 6.07 Å². The highest BCUT2D eigenvalue weighted by atomic mass is 16.3. The van der Waals surface area contributed by atoms with Crippen LogP contribution in [0.3, 0.4) is 0 Å². The Morgan fingerprint density at radius 3 is 1.69 bits per heavy atom. The minimum absolute atomic E-state index is 0.273. The Bertz CT molecular complexity index is 3370. The van der Waals surface area contributed by atoms with Gasteiger partial charge in [0.2, 0.25) is 0 Å². The average Bonchev–Trinajstić information content (AvgIpc) is 3.90. The van der Waals surface area contributed by atoms with E-state index in [-0.39, 0.29) is 5.41 Å². The van der Waals surface area contributed by atoms with Crippen LogP contribution in [0.15, 0.2) is 253 Å². The van der Waals surface area contributed by atoms with Crippen molar-refractivity contribution in [2.24, 2.45) is 0 Å². The van der Waals surface area contributed by atoms with Crippen LogP contribution in [0.5, 0.6) is 0 Å². The van der Waals surface area contributed by atoms with E-state index in [1.165, 1.54) is 61.2 Å². The monoisotopic (exact) mass is 819 g/mol. The fraction of sp³-hybridized carbons (Fsp3) is 0.0645. The lowest BCUT2D eigenvalue weighted by Gasteiger charge is -2.36. The second-order valence-electron chi connectivity index (χ2n) is 17.4. The number of hydrogen-bond acceptors (Lipinski definition) is 2. The van der Waals surface area contributed by atoms with Crippen LogP contribution in [0.25, 0.3) is 55.3 Å². The van der Waals surface area contributed by atoms with E-state index in [1.54, 1.807) is 0 Å². The van der Waals surface area contributed by atoms with Crippen LogP contribution >= 0.6 is 0 Å². The van der Waals surface area contributed by atoms with Gasteiger partial charge in [0.1, 0.15) is 11.2 Å². The molecule has 0 bridgehead atoms. The highest BCUT2D eigenvalue weighted by molar-refractivity contribution is 6.06. The third-order valence-corrected chi connectivity index (χ3v) is 13.8. The third-order valence-electron chi connectivity index (χ3n) is 13.8. The quantitative estimate of drug-likeness (QED) is 0.152. The van der Waals surface area contributed by atoms with Crippen molar-refractivity contribution in [3.63, 3.8) is 0 Å². The molecule has 64 heavy (non-hydrogen) atoms. The van der Waals surface area contributed by atoms with Crippen LogP contribution in [0.4, 0.5) is 11.4 Å².